The Bertz CT molecular complexity index is 342. The van der Waals surface area contributed by atoms with E-state index in [2.05, 4.69) is 0 Å². The first-order valence-corrected chi connectivity index (χ1v) is 4.68. The second-order valence-electron chi connectivity index (χ2n) is 3.64. The Morgan fingerprint density at radius 1 is 1.43 bits per heavy atom. The molecule has 0 aliphatic heterocycles. The van der Waals surface area contributed by atoms with E-state index < -0.39 is 5.60 Å². The Morgan fingerprint density at radius 3 is 2.71 bits per heavy atom. The van der Waals surface area contributed by atoms with Crippen LogP contribution in [-0.2, 0) is 4.79 Å². The van der Waals surface area contributed by atoms with Gasteiger partial charge in [-0.1, -0.05) is 6.07 Å². The standard InChI is InChI=1S/C11H12O3/c12-8-11(5-2-6-11)14-10-4-1-3-9(13)7-10/h1,3-4,7-8,13H,2,5-6H2. The summed E-state index contributed by atoms with van der Waals surface area (Å²) in [4.78, 5) is 10.8. The minimum absolute atomic E-state index is 0.155. The van der Waals surface area contributed by atoms with Crippen LogP contribution in [0.4, 0.5) is 0 Å². The van der Waals surface area contributed by atoms with Crippen molar-refractivity contribution in [3.8, 4) is 11.5 Å². The number of rotatable bonds is 3. The molecule has 0 spiro atoms. The van der Waals surface area contributed by atoms with Crippen LogP contribution in [0.15, 0.2) is 24.3 Å². The Labute approximate surface area is 82.3 Å². The zero-order valence-corrected chi connectivity index (χ0v) is 7.77. The molecule has 1 aromatic carbocycles. The Kier molecular flexibility index (Phi) is 2.15. The highest BCUT2D eigenvalue weighted by Gasteiger charge is 2.39. The molecular weight excluding hydrogens is 180 g/mol. The van der Waals surface area contributed by atoms with Gasteiger partial charge in [0.25, 0.3) is 0 Å². The number of ether oxygens (including phenoxy) is 1. The zero-order chi connectivity index (χ0) is 10.0. The third-order valence-electron chi connectivity index (χ3n) is 2.55. The Morgan fingerprint density at radius 2 is 2.21 bits per heavy atom. The lowest BCUT2D eigenvalue weighted by Crippen LogP contribution is -2.44. The van der Waals surface area contributed by atoms with Crippen molar-refractivity contribution in [1.82, 2.24) is 0 Å². The average molecular weight is 192 g/mol. The number of hydrogen-bond donors (Lipinski definition) is 1. The molecule has 1 aromatic rings. The molecule has 0 radical (unpaired) electrons. The van der Waals surface area contributed by atoms with E-state index in [0.717, 1.165) is 25.5 Å². The number of phenolic OH excluding ortho intramolecular Hbond substituents is 1. The van der Waals surface area contributed by atoms with Gasteiger partial charge in [-0.3, -0.25) is 4.79 Å². The molecular formula is C11H12O3. The van der Waals surface area contributed by atoms with E-state index in [1.54, 1.807) is 18.2 Å². The lowest BCUT2D eigenvalue weighted by Gasteiger charge is -2.36. The van der Waals surface area contributed by atoms with Gasteiger partial charge in [-0.05, 0) is 31.4 Å². The van der Waals surface area contributed by atoms with Gasteiger partial charge >= 0.3 is 0 Å². The predicted octanol–water partition coefficient (Wildman–Crippen LogP) is 1.89. The smallest absolute Gasteiger partial charge is 0.164 e. The average Bonchev–Trinajstić information content (AvgIpc) is 2.11. The zero-order valence-electron chi connectivity index (χ0n) is 7.77. The summed E-state index contributed by atoms with van der Waals surface area (Å²) in [6, 6.07) is 6.52. The molecule has 1 fully saturated rings. The molecule has 74 valence electrons. The Hall–Kier alpha value is -1.51. The van der Waals surface area contributed by atoms with Crippen molar-refractivity contribution in [2.45, 2.75) is 24.9 Å². The molecule has 3 heteroatoms. The molecule has 0 unspecified atom stereocenters. The highest BCUT2D eigenvalue weighted by molar-refractivity contribution is 5.65. The van der Waals surface area contributed by atoms with Crippen LogP contribution in [0.25, 0.3) is 0 Å². The molecule has 0 aromatic heterocycles. The van der Waals surface area contributed by atoms with E-state index in [4.69, 9.17) is 4.74 Å². The fourth-order valence-corrected chi connectivity index (χ4v) is 1.55. The summed E-state index contributed by atoms with van der Waals surface area (Å²) in [5.41, 5.74) is -0.631. The molecule has 1 N–H and O–H groups in total. The normalized spacial score (nSPS) is 18.3. The monoisotopic (exact) mass is 192 g/mol. The number of aromatic hydroxyl groups is 1. The molecule has 3 nitrogen and oxygen atoms in total. The summed E-state index contributed by atoms with van der Waals surface area (Å²) in [6.45, 7) is 0. The maximum Gasteiger partial charge on any atom is 0.164 e. The van der Waals surface area contributed by atoms with Gasteiger partial charge in [-0.2, -0.15) is 0 Å². The van der Waals surface area contributed by atoms with Crippen molar-refractivity contribution in [3.63, 3.8) is 0 Å². The third kappa shape index (κ3) is 1.58. The summed E-state index contributed by atoms with van der Waals surface area (Å²) in [6.07, 6.45) is 3.43. The van der Waals surface area contributed by atoms with Crippen LogP contribution in [0.1, 0.15) is 19.3 Å². The van der Waals surface area contributed by atoms with Gasteiger partial charge in [0, 0.05) is 6.07 Å². The van der Waals surface area contributed by atoms with Gasteiger partial charge < -0.3 is 9.84 Å². The molecule has 0 bridgehead atoms. The molecule has 0 heterocycles. The van der Waals surface area contributed by atoms with Crippen LogP contribution < -0.4 is 4.74 Å². The van der Waals surface area contributed by atoms with Gasteiger partial charge in [-0.25, -0.2) is 0 Å². The minimum Gasteiger partial charge on any atom is -0.508 e. The van der Waals surface area contributed by atoms with Gasteiger partial charge in [0.1, 0.15) is 11.5 Å². The highest BCUT2D eigenvalue weighted by atomic mass is 16.5. The second-order valence-corrected chi connectivity index (χ2v) is 3.64. The summed E-state index contributed by atoms with van der Waals surface area (Å²) < 4.78 is 5.54. The summed E-state index contributed by atoms with van der Waals surface area (Å²) >= 11 is 0. The van der Waals surface area contributed by atoms with E-state index in [1.807, 2.05) is 0 Å². The van der Waals surface area contributed by atoms with Crippen LogP contribution in [0.3, 0.4) is 0 Å². The lowest BCUT2D eigenvalue weighted by atomic mass is 9.81. The van der Waals surface area contributed by atoms with Crippen LogP contribution in [0.5, 0.6) is 11.5 Å². The van der Waals surface area contributed by atoms with Crippen molar-refractivity contribution in [2.24, 2.45) is 0 Å². The van der Waals surface area contributed by atoms with Crippen molar-refractivity contribution < 1.29 is 14.6 Å². The maximum atomic E-state index is 10.8. The molecule has 1 aliphatic carbocycles. The predicted molar refractivity (Wildman–Crippen MR) is 51.4 cm³/mol. The molecule has 0 saturated heterocycles. The number of carbonyl (C=O) groups is 1. The van der Waals surface area contributed by atoms with Gasteiger partial charge in [-0.15, -0.1) is 0 Å². The van der Waals surface area contributed by atoms with Crippen LogP contribution in [0.2, 0.25) is 0 Å². The number of aldehydes is 1. The molecule has 0 atom stereocenters. The quantitative estimate of drug-likeness (QED) is 0.744. The number of benzene rings is 1. The summed E-state index contributed by atoms with van der Waals surface area (Å²) in [5, 5.41) is 9.20. The molecule has 1 aliphatic rings. The SMILES string of the molecule is O=CC1(Oc2cccc(O)c2)CCC1. The van der Waals surface area contributed by atoms with Crippen molar-refractivity contribution in [3.05, 3.63) is 24.3 Å². The van der Waals surface area contributed by atoms with Crippen LogP contribution in [-0.4, -0.2) is 17.0 Å². The minimum atomic E-state index is -0.631. The molecule has 14 heavy (non-hydrogen) atoms. The first-order valence-electron chi connectivity index (χ1n) is 4.68. The van der Waals surface area contributed by atoms with E-state index in [-0.39, 0.29) is 5.75 Å². The number of carbonyl (C=O) groups excluding carboxylic acids is 1. The topological polar surface area (TPSA) is 46.5 Å². The first-order chi connectivity index (χ1) is 6.74. The van der Waals surface area contributed by atoms with E-state index in [0.29, 0.717) is 5.75 Å². The number of phenols is 1. The third-order valence-corrected chi connectivity index (χ3v) is 2.55. The summed E-state index contributed by atoms with van der Waals surface area (Å²) in [5.74, 6) is 0.708. The van der Waals surface area contributed by atoms with Gasteiger partial charge in [0.2, 0.25) is 0 Å². The number of hydrogen-bond acceptors (Lipinski definition) is 3. The van der Waals surface area contributed by atoms with Crippen molar-refractivity contribution in [2.75, 3.05) is 0 Å². The van der Waals surface area contributed by atoms with E-state index in [9.17, 15) is 9.90 Å². The first kappa shape index (κ1) is 9.06. The Balaban J connectivity index is 2.13. The molecule has 2 rings (SSSR count). The molecule has 1 saturated carbocycles. The lowest BCUT2D eigenvalue weighted by molar-refractivity contribution is -0.128. The second kappa shape index (κ2) is 3.33. The van der Waals surface area contributed by atoms with E-state index in [1.165, 1.54) is 6.07 Å². The highest BCUT2D eigenvalue weighted by Crippen LogP contribution is 2.35. The maximum absolute atomic E-state index is 10.8. The fraction of sp³-hybridized carbons (Fsp3) is 0.364. The van der Waals surface area contributed by atoms with Crippen molar-refractivity contribution >= 4 is 6.29 Å². The van der Waals surface area contributed by atoms with Gasteiger partial charge in [0.15, 0.2) is 11.9 Å². The van der Waals surface area contributed by atoms with Crippen LogP contribution >= 0.6 is 0 Å². The van der Waals surface area contributed by atoms with Gasteiger partial charge in [0.05, 0.1) is 0 Å². The van der Waals surface area contributed by atoms with Crippen molar-refractivity contribution in [1.29, 1.82) is 0 Å². The fourth-order valence-electron chi connectivity index (χ4n) is 1.55. The van der Waals surface area contributed by atoms with E-state index >= 15 is 0 Å². The molecule has 0 amide bonds. The summed E-state index contributed by atoms with van der Waals surface area (Å²) in [7, 11) is 0. The largest absolute Gasteiger partial charge is 0.508 e. The van der Waals surface area contributed by atoms with Crippen LogP contribution in [0, 0.1) is 0 Å².